The fourth-order valence-corrected chi connectivity index (χ4v) is 1.82. The smallest absolute Gasteiger partial charge is 0.338 e. The first-order valence-corrected chi connectivity index (χ1v) is 6.47. The third kappa shape index (κ3) is 3.60. The number of carbonyl (C=O) groups excluding carboxylic acids is 1. The quantitative estimate of drug-likeness (QED) is 0.830. The highest BCUT2D eigenvalue weighted by atomic mass is 16.5. The number of carbonyl (C=O) groups is 1. The lowest BCUT2D eigenvalue weighted by Gasteiger charge is -2.16. The van der Waals surface area contributed by atoms with Gasteiger partial charge in [-0.2, -0.15) is 0 Å². The zero-order valence-electron chi connectivity index (χ0n) is 12.3. The number of hydrogen-bond donors (Lipinski definition) is 1. The maximum atomic E-state index is 12.0. The Balaban J connectivity index is 3.34. The molecule has 1 aromatic rings. The van der Waals surface area contributed by atoms with Crippen LogP contribution in [0.1, 0.15) is 62.0 Å². The van der Waals surface area contributed by atoms with Crippen molar-refractivity contribution in [1.29, 1.82) is 0 Å². The lowest BCUT2D eigenvalue weighted by atomic mass is 9.94. The Hall–Kier alpha value is -1.77. The van der Waals surface area contributed by atoms with Crippen molar-refractivity contribution in [3.63, 3.8) is 0 Å². The van der Waals surface area contributed by atoms with Gasteiger partial charge in [0.25, 0.3) is 0 Å². The van der Waals surface area contributed by atoms with Crippen molar-refractivity contribution < 1.29 is 14.6 Å². The summed E-state index contributed by atoms with van der Waals surface area (Å²) in [5.74, 6) is -0.0621. The summed E-state index contributed by atoms with van der Waals surface area (Å²) in [7, 11) is 0. The van der Waals surface area contributed by atoms with E-state index in [9.17, 15) is 9.90 Å². The molecule has 0 saturated carbocycles. The summed E-state index contributed by atoms with van der Waals surface area (Å²) in [5, 5.41) is 10.2. The summed E-state index contributed by atoms with van der Waals surface area (Å²) in [6, 6.07) is 3.32. The zero-order valence-corrected chi connectivity index (χ0v) is 12.3. The first-order valence-electron chi connectivity index (χ1n) is 6.47. The fourth-order valence-electron chi connectivity index (χ4n) is 1.82. The first kappa shape index (κ1) is 15.3. The Morgan fingerprint density at radius 1 is 1.26 bits per heavy atom. The van der Waals surface area contributed by atoms with Gasteiger partial charge in [0.2, 0.25) is 0 Å². The van der Waals surface area contributed by atoms with E-state index >= 15 is 0 Å². The van der Waals surface area contributed by atoms with Crippen LogP contribution < -0.4 is 0 Å². The SMILES string of the molecule is C=C(C)c1cc(C(=O)OC(C)C)cc(C(C)C)c1O. The van der Waals surface area contributed by atoms with E-state index in [-0.39, 0.29) is 23.7 Å². The minimum Gasteiger partial charge on any atom is -0.507 e. The minimum atomic E-state index is -0.376. The molecule has 1 rings (SSSR count). The van der Waals surface area contributed by atoms with Crippen LogP contribution in [0.25, 0.3) is 5.57 Å². The fraction of sp³-hybridized carbons (Fsp3) is 0.438. The third-order valence-corrected chi connectivity index (χ3v) is 2.80. The van der Waals surface area contributed by atoms with E-state index in [0.717, 1.165) is 11.1 Å². The number of aromatic hydroxyl groups is 1. The van der Waals surface area contributed by atoms with E-state index in [1.807, 2.05) is 13.8 Å². The number of esters is 1. The number of phenols is 1. The predicted molar refractivity (Wildman–Crippen MR) is 77.5 cm³/mol. The van der Waals surface area contributed by atoms with Crippen molar-refractivity contribution in [3.05, 3.63) is 35.4 Å². The van der Waals surface area contributed by atoms with Crippen LogP contribution >= 0.6 is 0 Å². The van der Waals surface area contributed by atoms with Gasteiger partial charge in [-0.25, -0.2) is 4.79 Å². The van der Waals surface area contributed by atoms with Gasteiger partial charge in [-0.1, -0.05) is 20.4 Å². The summed E-state index contributed by atoms with van der Waals surface area (Å²) >= 11 is 0. The summed E-state index contributed by atoms with van der Waals surface area (Å²) in [5.41, 5.74) is 2.50. The van der Waals surface area contributed by atoms with Crippen molar-refractivity contribution in [3.8, 4) is 5.75 Å². The zero-order chi connectivity index (χ0) is 14.7. The second-order valence-electron chi connectivity index (χ2n) is 5.35. The number of allylic oxidation sites excluding steroid dienone is 1. The molecule has 19 heavy (non-hydrogen) atoms. The van der Waals surface area contributed by atoms with Crippen molar-refractivity contribution in [1.82, 2.24) is 0 Å². The van der Waals surface area contributed by atoms with Crippen LogP contribution in [-0.4, -0.2) is 17.2 Å². The van der Waals surface area contributed by atoms with Gasteiger partial charge in [0, 0.05) is 5.56 Å². The topological polar surface area (TPSA) is 46.5 Å². The van der Waals surface area contributed by atoms with Crippen molar-refractivity contribution in [2.45, 2.75) is 46.6 Å². The predicted octanol–water partition coefficient (Wildman–Crippen LogP) is 4.11. The van der Waals surface area contributed by atoms with Gasteiger partial charge in [0.05, 0.1) is 11.7 Å². The van der Waals surface area contributed by atoms with Crippen LogP contribution in [0.4, 0.5) is 0 Å². The molecule has 104 valence electrons. The van der Waals surface area contributed by atoms with Gasteiger partial charge in [-0.05, 0) is 50.0 Å². The summed E-state index contributed by atoms with van der Waals surface area (Å²) in [4.78, 5) is 12.0. The number of ether oxygens (including phenoxy) is 1. The molecule has 0 amide bonds. The number of hydrogen-bond acceptors (Lipinski definition) is 3. The Morgan fingerprint density at radius 3 is 2.26 bits per heavy atom. The molecule has 0 fully saturated rings. The summed E-state index contributed by atoms with van der Waals surface area (Å²) in [6.45, 7) is 13.2. The summed E-state index contributed by atoms with van der Waals surface area (Å²) < 4.78 is 5.20. The molecule has 0 unspecified atom stereocenters. The second-order valence-corrected chi connectivity index (χ2v) is 5.35. The lowest BCUT2D eigenvalue weighted by molar-refractivity contribution is 0.0377. The van der Waals surface area contributed by atoms with Crippen molar-refractivity contribution in [2.75, 3.05) is 0 Å². The van der Waals surface area contributed by atoms with Crippen molar-refractivity contribution >= 4 is 11.5 Å². The number of benzene rings is 1. The van der Waals surface area contributed by atoms with Crippen LogP contribution in [0, 0.1) is 0 Å². The Labute approximate surface area is 114 Å². The maximum absolute atomic E-state index is 12.0. The minimum absolute atomic E-state index is 0.116. The van der Waals surface area contributed by atoms with Crippen LogP contribution in [0.3, 0.4) is 0 Å². The molecule has 3 nitrogen and oxygen atoms in total. The Kier molecular flexibility index (Phi) is 4.76. The van der Waals surface area contributed by atoms with Crippen molar-refractivity contribution in [2.24, 2.45) is 0 Å². The van der Waals surface area contributed by atoms with Crippen LogP contribution in [-0.2, 0) is 4.74 Å². The molecule has 0 atom stereocenters. The number of rotatable bonds is 4. The Bertz CT molecular complexity index is 499. The van der Waals surface area contributed by atoms with E-state index in [4.69, 9.17) is 4.74 Å². The van der Waals surface area contributed by atoms with Gasteiger partial charge in [-0.15, -0.1) is 0 Å². The standard InChI is InChI=1S/C16H22O3/c1-9(2)13-7-12(16(18)19-11(5)6)8-14(10(3)4)15(13)17/h7-8,10-11,17H,1H2,2-6H3. The van der Waals surface area contributed by atoms with Crippen LogP contribution in [0.2, 0.25) is 0 Å². The van der Waals surface area contributed by atoms with Gasteiger partial charge >= 0.3 is 5.97 Å². The van der Waals surface area contributed by atoms with E-state index in [0.29, 0.717) is 11.1 Å². The molecule has 0 aromatic heterocycles. The molecule has 0 aliphatic carbocycles. The number of phenolic OH excluding ortho intramolecular Hbond substituents is 1. The highest BCUT2D eigenvalue weighted by Crippen LogP contribution is 2.34. The van der Waals surface area contributed by atoms with Gasteiger partial charge in [-0.3, -0.25) is 0 Å². The van der Waals surface area contributed by atoms with E-state index in [1.165, 1.54) is 0 Å². The highest BCUT2D eigenvalue weighted by Gasteiger charge is 2.18. The Morgan fingerprint density at radius 2 is 1.84 bits per heavy atom. The molecule has 1 aromatic carbocycles. The molecular formula is C16H22O3. The maximum Gasteiger partial charge on any atom is 0.338 e. The molecule has 0 aliphatic rings. The molecule has 3 heteroatoms. The van der Waals surface area contributed by atoms with Crippen LogP contribution in [0.5, 0.6) is 5.75 Å². The monoisotopic (exact) mass is 262 g/mol. The molecule has 0 spiro atoms. The van der Waals surface area contributed by atoms with Crippen LogP contribution in [0.15, 0.2) is 18.7 Å². The molecular weight excluding hydrogens is 240 g/mol. The lowest BCUT2D eigenvalue weighted by Crippen LogP contribution is -2.12. The molecule has 0 saturated heterocycles. The third-order valence-electron chi connectivity index (χ3n) is 2.80. The average Bonchev–Trinajstić information content (AvgIpc) is 2.27. The second kappa shape index (κ2) is 5.91. The van der Waals surface area contributed by atoms with E-state index in [2.05, 4.69) is 6.58 Å². The molecule has 0 radical (unpaired) electrons. The normalized spacial score (nSPS) is 10.9. The average molecular weight is 262 g/mol. The van der Waals surface area contributed by atoms with E-state index < -0.39 is 0 Å². The highest BCUT2D eigenvalue weighted by molar-refractivity contribution is 5.91. The first-order chi connectivity index (χ1) is 8.73. The van der Waals surface area contributed by atoms with Gasteiger partial charge < -0.3 is 9.84 Å². The largest absolute Gasteiger partial charge is 0.507 e. The van der Waals surface area contributed by atoms with Gasteiger partial charge in [0.1, 0.15) is 5.75 Å². The van der Waals surface area contributed by atoms with Gasteiger partial charge in [0.15, 0.2) is 0 Å². The summed E-state index contributed by atoms with van der Waals surface area (Å²) in [6.07, 6.45) is -0.169. The van der Waals surface area contributed by atoms with E-state index in [1.54, 1.807) is 32.9 Å². The molecule has 0 aliphatic heterocycles. The molecule has 0 bridgehead atoms. The molecule has 1 N–H and O–H groups in total. The molecule has 0 heterocycles.